The second kappa shape index (κ2) is 9.69. The van der Waals surface area contributed by atoms with Crippen molar-refractivity contribution in [2.75, 3.05) is 6.54 Å². The largest absolute Gasteiger partial charge is 0.357 e. The molecule has 0 saturated carbocycles. The highest BCUT2D eigenvalue weighted by Crippen LogP contribution is 2.16. The molecule has 0 bridgehead atoms. The van der Waals surface area contributed by atoms with Crippen molar-refractivity contribution in [3.8, 4) is 0 Å². The molecule has 6 nitrogen and oxygen atoms in total. The van der Waals surface area contributed by atoms with Gasteiger partial charge in [0.25, 0.3) is 0 Å². The number of hydrogen-bond donors (Lipinski definition) is 2. The number of aromatic nitrogens is 3. The van der Waals surface area contributed by atoms with Crippen molar-refractivity contribution in [3.05, 3.63) is 82.9 Å². The smallest absolute Gasteiger partial charge is 0.191 e. The molecule has 0 aliphatic carbocycles. The van der Waals surface area contributed by atoms with Gasteiger partial charge in [0.05, 0.1) is 31.0 Å². The minimum absolute atomic E-state index is 0.587. The van der Waals surface area contributed by atoms with Gasteiger partial charge in [-0.15, -0.1) is 0 Å². The van der Waals surface area contributed by atoms with E-state index in [1.807, 2.05) is 31.2 Å². The number of nitrogens with zero attached hydrogens (tertiary/aromatic N) is 4. The molecule has 0 fully saturated rings. The van der Waals surface area contributed by atoms with Crippen LogP contribution in [0.1, 0.15) is 35.1 Å². The molecule has 0 aliphatic rings. The third kappa shape index (κ3) is 5.19. The van der Waals surface area contributed by atoms with Gasteiger partial charge in [0.15, 0.2) is 5.96 Å². The van der Waals surface area contributed by atoms with Crippen LogP contribution >= 0.6 is 0 Å². The summed E-state index contributed by atoms with van der Waals surface area (Å²) in [5.41, 5.74) is 5.58. The highest BCUT2D eigenvalue weighted by Gasteiger charge is 2.12. The Bertz CT molecular complexity index is 900. The maximum absolute atomic E-state index is 4.75. The van der Waals surface area contributed by atoms with Gasteiger partial charge in [-0.1, -0.05) is 36.4 Å². The van der Waals surface area contributed by atoms with Gasteiger partial charge in [0.2, 0.25) is 0 Å². The Balaban J connectivity index is 1.69. The van der Waals surface area contributed by atoms with Crippen molar-refractivity contribution >= 4 is 5.96 Å². The predicted molar refractivity (Wildman–Crippen MR) is 113 cm³/mol. The highest BCUT2D eigenvalue weighted by molar-refractivity contribution is 5.79. The van der Waals surface area contributed by atoms with Gasteiger partial charge in [-0.05, 0) is 38.5 Å². The second-order valence-corrected chi connectivity index (χ2v) is 6.66. The zero-order chi connectivity index (χ0) is 19.8. The molecular weight excluding hydrogens is 348 g/mol. The van der Waals surface area contributed by atoms with Gasteiger partial charge in [-0.3, -0.25) is 9.67 Å². The second-order valence-electron chi connectivity index (χ2n) is 6.66. The van der Waals surface area contributed by atoms with E-state index in [0.29, 0.717) is 13.1 Å². The fraction of sp³-hybridized carbons (Fsp3) is 0.318. The van der Waals surface area contributed by atoms with Gasteiger partial charge in [-0.2, -0.15) is 5.10 Å². The van der Waals surface area contributed by atoms with Crippen LogP contribution in [0, 0.1) is 13.8 Å². The number of benzene rings is 1. The number of guanidine groups is 1. The molecule has 0 radical (unpaired) electrons. The van der Waals surface area contributed by atoms with Crippen molar-refractivity contribution in [1.29, 1.82) is 0 Å². The monoisotopic (exact) mass is 376 g/mol. The minimum atomic E-state index is 0.587. The van der Waals surface area contributed by atoms with E-state index in [9.17, 15) is 0 Å². The molecule has 28 heavy (non-hydrogen) atoms. The molecule has 0 unspecified atom stereocenters. The van der Waals surface area contributed by atoms with Crippen molar-refractivity contribution < 1.29 is 0 Å². The molecular formula is C22H28N6. The molecule has 2 aromatic heterocycles. The molecule has 2 heterocycles. The van der Waals surface area contributed by atoms with E-state index in [-0.39, 0.29) is 0 Å². The SMILES string of the molecule is CCNC(=NCc1c(C)nn(Cc2ccccc2)c1C)NCc1ccccn1. The molecule has 146 valence electrons. The maximum atomic E-state index is 4.75. The average molecular weight is 377 g/mol. The van der Waals surface area contributed by atoms with Crippen LogP contribution in [0.15, 0.2) is 59.7 Å². The fourth-order valence-electron chi connectivity index (χ4n) is 3.05. The Morgan fingerprint density at radius 1 is 1.04 bits per heavy atom. The number of hydrogen-bond acceptors (Lipinski definition) is 3. The third-order valence-corrected chi connectivity index (χ3v) is 4.61. The van der Waals surface area contributed by atoms with E-state index < -0.39 is 0 Å². The van der Waals surface area contributed by atoms with Gasteiger partial charge in [-0.25, -0.2) is 4.99 Å². The summed E-state index contributed by atoms with van der Waals surface area (Å²) in [6.45, 7) is 9.03. The van der Waals surface area contributed by atoms with Crippen LogP contribution in [0.5, 0.6) is 0 Å². The van der Waals surface area contributed by atoms with Gasteiger partial charge < -0.3 is 10.6 Å². The normalized spacial score (nSPS) is 11.5. The van der Waals surface area contributed by atoms with Crippen LogP contribution in [0.2, 0.25) is 0 Å². The molecule has 3 rings (SSSR count). The predicted octanol–water partition coefficient (Wildman–Crippen LogP) is 3.20. The quantitative estimate of drug-likeness (QED) is 0.491. The first-order valence-electron chi connectivity index (χ1n) is 9.66. The summed E-state index contributed by atoms with van der Waals surface area (Å²) in [5, 5.41) is 11.4. The van der Waals surface area contributed by atoms with Crippen molar-refractivity contribution in [3.63, 3.8) is 0 Å². The Labute approximate surface area is 166 Å². The minimum Gasteiger partial charge on any atom is -0.357 e. The van der Waals surface area contributed by atoms with Crippen molar-refractivity contribution in [1.82, 2.24) is 25.4 Å². The Kier molecular flexibility index (Phi) is 6.78. The zero-order valence-corrected chi connectivity index (χ0v) is 16.8. The third-order valence-electron chi connectivity index (χ3n) is 4.61. The molecule has 0 amide bonds. The number of aliphatic imine (C=N–C) groups is 1. The van der Waals surface area contributed by atoms with Crippen LogP contribution in [-0.2, 0) is 19.6 Å². The lowest BCUT2D eigenvalue weighted by Crippen LogP contribution is -2.37. The van der Waals surface area contributed by atoms with Crippen LogP contribution in [0.3, 0.4) is 0 Å². The Hall–Kier alpha value is -3.15. The van der Waals surface area contributed by atoms with E-state index in [1.165, 1.54) is 11.1 Å². The number of pyridine rings is 1. The number of rotatable bonds is 7. The molecule has 3 aromatic rings. The summed E-state index contributed by atoms with van der Waals surface area (Å²) < 4.78 is 2.06. The first-order valence-corrected chi connectivity index (χ1v) is 9.66. The maximum Gasteiger partial charge on any atom is 0.191 e. The molecule has 0 spiro atoms. The lowest BCUT2D eigenvalue weighted by atomic mass is 10.2. The fourth-order valence-corrected chi connectivity index (χ4v) is 3.05. The molecule has 1 aromatic carbocycles. The molecule has 0 saturated heterocycles. The average Bonchev–Trinajstić information content (AvgIpc) is 2.98. The summed E-state index contributed by atoms with van der Waals surface area (Å²) >= 11 is 0. The first-order chi connectivity index (χ1) is 13.7. The molecule has 0 aliphatic heterocycles. The summed E-state index contributed by atoms with van der Waals surface area (Å²) in [6.07, 6.45) is 1.80. The summed E-state index contributed by atoms with van der Waals surface area (Å²) in [7, 11) is 0. The molecule has 2 N–H and O–H groups in total. The van der Waals surface area contributed by atoms with Crippen LogP contribution < -0.4 is 10.6 Å². The van der Waals surface area contributed by atoms with Crippen molar-refractivity contribution in [2.45, 2.75) is 40.4 Å². The van der Waals surface area contributed by atoms with E-state index in [2.05, 4.69) is 58.4 Å². The zero-order valence-electron chi connectivity index (χ0n) is 16.8. The molecule has 0 atom stereocenters. The summed E-state index contributed by atoms with van der Waals surface area (Å²) in [5.74, 6) is 0.780. The Morgan fingerprint density at radius 2 is 1.82 bits per heavy atom. The lowest BCUT2D eigenvalue weighted by molar-refractivity contribution is 0.658. The van der Waals surface area contributed by atoms with Crippen LogP contribution in [-0.4, -0.2) is 27.3 Å². The van der Waals surface area contributed by atoms with Crippen molar-refractivity contribution in [2.24, 2.45) is 4.99 Å². The highest BCUT2D eigenvalue weighted by atomic mass is 15.3. The van der Waals surface area contributed by atoms with E-state index in [1.54, 1.807) is 6.20 Å². The van der Waals surface area contributed by atoms with E-state index >= 15 is 0 Å². The van der Waals surface area contributed by atoms with Crippen LogP contribution in [0.25, 0.3) is 0 Å². The van der Waals surface area contributed by atoms with Gasteiger partial charge >= 0.3 is 0 Å². The molecule has 6 heteroatoms. The topological polar surface area (TPSA) is 67.1 Å². The summed E-state index contributed by atoms with van der Waals surface area (Å²) in [4.78, 5) is 9.10. The van der Waals surface area contributed by atoms with E-state index in [0.717, 1.165) is 36.1 Å². The standard InChI is InChI=1S/C22H28N6/c1-4-23-22(25-14-20-12-8-9-13-24-20)26-15-21-17(2)27-28(18(21)3)16-19-10-6-5-7-11-19/h5-13H,4,14-16H2,1-3H3,(H2,23,25,26). The van der Waals surface area contributed by atoms with Gasteiger partial charge in [0, 0.05) is 24.0 Å². The Morgan fingerprint density at radius 3 is 2.54 bits per heavy atom. The summed E-state index contributed by atoms with van der Waals surface area (Å²) in [6, 6.07) is 16.3. The number of nitrogens with one attached hydrogen (secondary N) is 2. The van der Waals surface area contributed by atoms with E-state index in [4.69, 9.17) is 10.1 Å². The van der Waals surface area contributed by atoms with Crippen LogP contribution in [0.4, 0.5) is 0 Å². The van der Waals surface area contributed by atoms with Gasteiger partial charge in [0.1, 0.15) is 0 Å². The first kappa shape index (κ1) is 19.6. The lowest BCUT2D eigenvalue weighted by Gasteiger charge is -2.11. The number of aryl methyl sites for hydroxylation is 1.